The zero-order chi connectivity index (χ0) is 9.84. The van der Waals surface area contributed by atoms with Crippen LogP contribution in [0.2, 0.25) is 10.0 Å². The third kappa shape index (κ3) is 2.60. The summed E-state index contributed by atoms with van der Waals surface area (Å²) in [5, 5.41) is 1.32. The Balaban J connectivity index is 2.98. The van der Waals surface area contributed by atoms with E-state index in [-0.39, 0.29) is 6.04 Å². The molecule has 13 heavy (non-hydrogen) atoms. The number of hydrogen-bond donors (Lipinski definition) is 1. The van der Waals surface area contributed by atoms with Crippen molar-refractivity contribution in [3.63, 3.8) is 0 Å². The summed E-state index contributed by atoms with van der Waals surface area (Å²) in [7, 11) is 0. The van der Waals surface area contributed by atoms with Crippen molar-refractivity contribution in [1.29, 1.82) is 0 Å². The number of nitrogens with two attached hydrogens (primary N) is 1. The quantitative estimate of drug-likeness (QED) is 0.820. The lowest BCUT2D eigenvalue weighted by Crippen LogP contribution is -2.10. The van der Waals surface area contributed by atoms with E-state index in [0.717, 1.165) is 18.4 Å². The van der Waals surface area contributed by atoms with E-state index in [0.29, 0.717) is 10.0 Å². The molecular weight excluding hydrogens is 205 g/mol. The number of halogens is 2. The normalized spacial score (nSPS) is 12.9. The van der Waals surface area contributed by atoms with Gasteiger partial charge in [0, 0.05) is 21.7 Å². The highest BCUT2D eigenvalue weighted by molar-refractivity contribution is 6.36. The fourth-order valence-electron chi connectivity index (χ4n) is 1.32. The Bertz CT molecular complexity index is 266. The van der Waals surface area contributed by atoms with E-state index >= 15 is 0 Å². The molecule has 0 heterocycles. The summed E-state index contributed by atoms with van der Waals surface area (Å²) in [5.41, 5.74) is 6.81. The zero-order valence-electron chi connectivity index (χ0n) is 7.56. The van der Waals surface area contributed by atoms with Crippen molar-refractivity contribution in [1.82, 2.24) is 0 Å². The summed E-state index contributed by atoms with van der Waals surface area (Å²) in [6, 6.07) is 5.41. The summed E-state index contributed by atoms with van der Waals surface area (Å²) in [6.45, 7) is 2.09. The van der Waals surface area contributed by atoms with Gasteiger partial charge in [-0.05, 0) is 18.6 Å². The highest BCUT2D eigenvalue weighted by atomic mass is 35.5. The summed E-state index contributed by atoms with van der Waals surface area (Å²) >= 11 is 12.0. The smallest absolute Gasteiger partial charge is 0.0468 e. The van der Waals surface area contributed by atoms with Crippen LogP contribution in [0.15, 0.2) is 18.2 Å². The Morgan fingerprint density at radius 1 is 1.31 bits per heavy atom. The van der Waals surface area contributed by atoms with Gasteiger partial charge in [-0.3, -0.25) is 0 Å². The maximum atomic E-state index is 6.00. The van der Waals surface area contributed by atoms with Crippen molar-refractivity contribution in [2.75, 3.05) is 0 Å². The monoisotopic (exact) mass is 217 g/mol. The summed E-state index contributed by atoms with van der Waals surface area (Å²) in [4.78, 5) is 0. The minimum Gasteiger partial charge on any atom is -0.324 e. The standard InChI is InChI=1S/C10H13Cl2N/c1-2-4-9(13)10-7(11)5-3-6-8(10)12/h3,5-6,9H,2,4,13H2,1H3. The molecule has 0 aliphatic heterocycles. The summed E-state index contributed by atoms with van der Waals surface area (Å²) in [6.07, 6.45) is 1.94. The van der Waals surface area contributed by atoms with E-state index < -0.39 is 0 Å². The van der Waals surface area contributed by atoms with E-state index in [4.69, 9.17) is 28.9 Å². The zero-order valence-corrected chi connectivity index (χ0v) is 9.07. The number of rotatable bonds is 3. The first kappa shape index (κ1) is 10.8. The second-order valence-corrected chi connectivity index (χ2v) is 3.84. The van der Waals surface area contributed by atoms with Crippen LogP contribution >= 0.6 is 23.2 Å². The van der Waals surface area contributed by atoms with Crippen LogP contribution in [0.4, 0.5) is 0 Å². The number of hydrogen-bond acceptors (Lipinski definition) is 1. The molecule has 0 fully saturated rings. The second-order valence-electron chi connectivity index (χ2n) is 3.03. The Hall–Kier alpha value is -0.240. The third-order valence-electron chi connectivity index (χ3n) is 1.97. The second kappa shape index (κ2) is 4.85. The molecule has 0 radical (unpaired) electrons. The minimum atomic E-state index is -0.0498. The molecule has 2 N–H and O–H groups in total. The van der Waals surface area contributed by atoms with Gasteiger partial charge < -0.3 is 5.73 Å². The lowest BCUT2D eigenvalue weighted by atomic mass is 10.0. The Labute approximate surface area is 88.8 Å². The largest absolute Gasteiger partial charge is 0.324 e. The first-order valence-electron chi connectivity index (χ1n) is 4.36. The molecule has 72 valence electrons. The molecule has 0 amide bonds. The van der Waals surface area contributed by atoms with Gasteiger partial charge >= 0.3 is 0 Å². The van der Waals surface area contributed by atoms with Crippen molar-refractivity contribution in [3.05, 3.63) is 33.8 Å². The molecule has 0 aromatic heterocycles. The SMILES string of the molecule is CCCC(N)c1c(Cl)cccc1Cl. The fraction of sp³-hybridized carbons (Fsp3) is 0.400. The fourth-order valence-corrected chi connectivity index (χ4v) is 2.00. The molecule has 0 aliphatic carbocycles. The van der Waals surface area contributed by atoms with Gasteiger partial charge in [0.25, 0.3) is 0 Å². The van der Waals surface area contributed by atoms with Crippen LogP contribution in [-0.2, 0) is 0 Å². The van der Waals surface area contributed by atoms with Crippen LogP contribution in [0.25, 0.3) is 0 Å². The maximum Gasteiger partial charge on any atom is 0.0468 e. The van der Waals surface area contributed by atoms with E-state index in [1.54, 1.807) is 0 Å². The van der Waals surface area contributed by atoms with Gasteiger partial charge in [-0.1, -0.05) is 42.6 Å². The van der Waals surface area contributed by atoms with E-state index in [9.17, 15) is 0 Å². The van der Waals surface area contributed by atoms with Gasteiger partial charge in [0.05, 0.1) is 0 Å². The Kier molecular flexibility index (Phi) is 4.04. The Morgan fingerprint density at radius 2 is 1.85 bits per heavy atom. The van der Waals surface area contributed by atoms with Crippen LogP contribution < -0.4 is 5.73 Å². The molecule has 1 aromatic carbocycles. The van der Waals surface area contributed by atoms with Gasteiger partial charge in [0.15, 0.2) is 0 Å². The molecule has 3 heteroatoms. The molecule has 1 unspecified atom stereocenters. The van der Waals surface area contributed by atoms with E-state index in [2.05, 4.69) is 6.92 Å². The molecule has 1 aromatic rings. The average Bonchev–Trinajstić information content (AvgIpc) is 2.04. The molecule has 1 nitrogen and oxygen atoms in total. The highest BCUT2D eigenvalue weighted by Crippen LogP contribution is 2.30. The first-order valence-corrected chi connectivity index (χ1v) is 5.12. The van der Waals surface area contributed by atoms with Gasteiger partial charge in [0.2, 0.25) is 0 Å². The topological polar surface area (TPSA) is 26.0 Å². The highest BCUT2D eigenvalue weighted by Gasteiger charge is 2.12. The third-order valence-corrected chi connectivity index (χ3v) is 2.63. The van der Waals surface area contributed by atoms with Crippen LogP contribution in [0.3, 0.4) is 0 Å². The predicted molar refractivity (Wildman–Crippen MR) is 58.3 cm³/mol. The lowest BCUT2D eigenvalue weighted by Gasteiger charge is -2.13. The molecule has 0 aliphatic rings. The maximum absolute atomic E-state index is 6.00. The number of benzene rings is 1. The molecule has 0 saturated heterocycles. The first-order chi connectivity index (χ1) is 6.16. The van der Waals surface area contributed by atoms with Crippen LogP contribution in [0.5, 0.6) is 0 Å². The van der Waals surface area contributed by atoms with E-state index in [1.165, 1.54) is 0 Å². The van der Waals surface area contributed by atoms with Crippen molar-refractivity contribution >= 4 is 23.2 Å². The van der Waals surface area contributed by atoms with Gasteiger partial charge in [-0.2, -0.15) is 0 Å². The van der Waals surface area contributed by atoms with Crippen LogP contribution in [0.1, 0.15) is 31.4 Å². The van der Waals surface area contributed by atoms with Gasteiger partial charge in [-0.15, -0.1) is 0 Å². The average molecular weight is 218 g/mol. The van der Waals surface area contributed by atoms with Crippen molar-refractivity contribution in [2.24, 2.45) is 5.73 Å². The van der Waals surface area contributed by atoms with Crippen LogP contribution in [-0.4, -0.2) is 0 Å². The molecule has 0 spiro atoms. The molecule has 1 rings (SSSR count). The summed E-state index contributed by atoms with van der Waals surface area (Å²) in [5.74, 6) is 0. The van der Waals surface area contributed by atoms with Crippen molar-refractivity contribution < 1.29 is 0 Å². The lowest BCUT2D eigenvalue weighted by molar-refractivity contribution is 0.639. The van der Waals surface area contributed by atoms with Gasteiger partial charge in [0.1, 0.15) is 0 Å². The molecule has 0 saturated carbocycles. The minimum absolute atomic E-state index is 0.0498. The predicted octanol–water partition coefficient (Wildman–Crippen LogP) is 3.79. The molecule has 1 atom stereocenters. The molecular formula is C10H13Cl2N. The van der Waals surface area contributed by atoms with Gasteiger partial charge in [-0.25, -0.2) is 0 Å². The van der Waals surface area contributed by atoms with Crippen molar-refractivity contribution in [3.8, 4) is 0 Å². The van der Waals surface area contributed by atoms with Crippen molar-refractivity contribution in [2.45, 2.75) is 25.8 Å². The van der Waals surface area contributed by atoms with E-state index in [1.807, 2.05) is 18.2 Å². The summed E-state index contributed by atoms with van der Waals surface area (Å²) < 4.78 is 0. The van der Waals surface area contributed by atoms with Crippen LogP contribution in [0, 0.1) is 0 Å². The molecule has 0 bridgehead atoms. The Morgan fingerprint density at radius 3 is 2.31 bits per heavy atom.